The molecule has 0 fully saturated rings. The van der Waals surface area contributed by atoms with Crippen molar-refractivity contribution in [3.8, 4) is 0 Å². The Kier molecular flexibility index (Phi) is 4.34. The summed E-state index contributed by atoms with van der Waals surface area (Å²) in [4.78, 5) is 15.8. The first-order valence-corrected chi connectivity index (χ1v) is 4.64. The van der Waals surface area contributed by atoms with Gasteiger partial charge in [0.25, 0.3) is 0 Å². The summed E-state index contributed by atoms with van der Waals surface area (Å²) < 4.78 is 0. The molecule has 0 unspecified atom stereocenters. The van der Waals surface area contributed by atoms with Gasteiger partial charge in [0, 0.05) is 5.69 Å². The molecule has 0 aromatic heterocycles. The van der Waals surface area contributed by atoms with Gasteiger partial charge in [-0.25, -0.2) is 0 Å². The molecule has 0 aliphatic rings. The molecule has 0 saturated heterocycles. The van der Waals surface area contributed by atoms with Crippen LogP contribution in [0.4, 0.5) is 5.69 Å². The maximum atomic E-state index is 11.3. The Hall–Kier alpha value is -1.84. The average molecular weight is 206 g/mol. The molecule has 0 bridgehead atoms. The van der Waals surface area contributed by atoms with Crippen LogP contribution in [0.2, 0.25) is 0 Å². The molecule has 1 aromatic carbocycles. The summed E-state index contributed by atoms with van der Waals surface area (Å²) in [6, 6.07) is 7.61. The van der Waals surface area contributed by atoms with Crippen LogP contribution in [0.15, 0.2) is 29.4 Å². The standard InChI is InChI=1S/C11H14N2O2/c1-9-3-5-10(6-4-9)13-11(14)7-8-12-15-2/h3-6,8H,7H2,1-2H3,(H,13,14). The van der Waals surface area contributed by atoms with Crippen LogP contribution < -0.4 is 5.32 Å². The second-order valence-electron chi connectivity index (χ2n) is 3.09. The van der Waals surface area contributed by atoms with Gasteiger partial charge in [0.2, 0.25) is 5.91 Å². The maximum Gasteiger partial charge on any atom is 0.229 e. The van der Waals surface area contributed by atoms with Crippen LogP contribution >= 0.6 is 0 Å². The summed E-state index contributed by atoms with van der Waals surface area (Å²) in [6.07, 6.45) is 1.63. The molecule has 1 aromatic rings. The van der Waals surface area contributed by atoms with Gasteiger partial charge in [-0.2, -0.15) is 0 Å². The van der Waals surface area contributed by atoms with E-state index in [1.807, 2.05) is 31.2 Å². The Labute approximate surface area is 88.9 Å². The molecule has 80 valence electrons. The summed E-state index contributed by atoms with van der Waals surface area (Å²) in [5.41, 5.74) is 1.95. The first kappa shape index (κ1) is 11.2. The molecular weight excluding hydrogens is 192 g/mol. The molecule has 15 heavy (non-hydrogen) atoms. The Bertz CT molecular complexity index is 344. The van der Waals surface area contributed by atoms with Crippen LogP contribution in [-0.2, 0) is 9.63 Å². The minimum Gasteiger partial charge on any atom is -0.399 e. The van der Waals surface area contributed by atoms with E-state index in [0.29, 0.717) is 0 Å². The van der Waals surface area contributed by atoms with Gasteiger partial charge in [0.05, 0.1) is 12.6 Å². The van der Waals surface area contributed by atoms with Gasteiger partial charge in [-0.15, -0.1) is 0 Å². The number of nitrogens with zero attached hydrogens (tertiary/aromatic N) is 1. The lowest BCUT2D eigenvalue weighted by Crippen LogP contribution is -2.11. The molecule has 4 heteroatoms. The summed E-state index contributed by atoms with van der Waals surface area (Å²) >= 11 is 0. The van der Waals surface area contributed by atoms with Gasteiger partial charge in [-0.3, -0.25) is 4.79 Å². The normalized spacial score (nSPS) is 10.3. The van der Waals surface area contributed by atoms with E-state index in [2.05, 4.69) is 15.3 Å². The van der Waals surface area contributed by atoms with Gasteiger partial charge in [-0.05, 0) is 19.1 Å². The molecule has 4 nitrogen and oxygen atoms in total. The smallest absolute Gasteiger partial charge is 0.229 e. The molecule has 1 amide bonds. The lowest BCUT2D eigenvalue weighted by atomic mass is 10.2. The van der Waals surface area contributed by atoms with Crippen LogP contribution in [0.3, 0.4) is 0 Å². The fraction of sp³-hybridized carbons (Fsp3) is 0.273. The number of hydrogen-bond donors (Lipinski definition) is 1. The van der Waals surface area contributed by atoms with Crippen LogP contribution in [0.25, 0.3) is 0 Å². The van der Waals surface area contributed by atoms with E-state index in [0.717, 1.165) is 11.3 Å². The molecule has 0 spiro atoms. The van der Waals surface area contributed by atoms with Crippen LogP contribution in [-0.4, -0.2) is 19.2 Å². The van der Waals surface area contributed by atoms with Gasteiger partial charge in [0.15, 0.2) is 0 Å². The van der Waals surface area contributed by atoms with E-state index in [-0.39, 0.29) is 12.3 Å². The van der Waals surface area contributed by atoms with Crippen molar-refractivity contribution in [3.05, 3.63) is 29.8 Å². The zero-order chi connectivity index (χ0) is 11.1. The van der Waals surface area contributed by atoms with Gasteiger partial charge in [-0.1, -0.05) is 22.9 Å². The first-order chi connectivity index (χ1) is 7.22. The molecule has 0 saturated carbocycles. The maximum absolute atomic E-state index is 11.3. The Morgan fingerprint density at radius 3 is 2.73 bits per heavy atom. The SMILES string of the molecule is CON=CCC(=O)Nc1ccc(C)cc1. The lowest BCUT2D eigenvalue weighted by Gasteiger charge is -2.02. The molecule has 0 atom stereocenters. The highest BCUT2D eigenvalue weighted by atomic mass is 16.6. The number of benzene rings is 1. The highest BCUT2D eigenvalue weighted by Crippen LogP contribution is 2.08. The van der Waals surface area contributed by atoms with Gasteiger partial charge in [0.1, 0.15) is 7.11 Å². The Morgan fingerprint density at radius 1 is 1.47 bits per heavy atom. The zero-order valence-corrected chi connectivity index (χ0v) is 8.86. The number of carbonyl (C=O) groups excluding carboxylic acids is 1. The number of oxime groups is 1. The molecule has 0 radical (unpaired) electrons. The third-order valence-corrected chi connectivity index (χ3v) is 1.79. The van der Waals surface area contributed by atoms with E-state index in [4.69, 9.17) is 0 Å². The predicted molar refractivity (Wildman–Crippen MR) is 59.9 cm³/mol. The third kappa shape index (κ3) is 4.26. The molecule has 0 aliphatic carbocycles. The fourth-order valence-electron chi connectivity index (χ4n) is 1.04. The number of anilines is 1. The summed E-state index contributed by atoms with van der Waals surface area (Å²) in [5.74, 6) is -0.111. The molecular formula is C11H14N2O2. The van der Waals surface area contributed by atoms with Crippen molar-refractivity contribution in [3.63, 3.8) is 0 Å². The number of hydrogen-bond acceptors (Lipinski definition) is 3. The largest absolute Gasteiger partial charge is 0.399 e. The van der Waals surface area contributed by atoms with Crippen molar-refractivity contribution in [1.82, 2.24) is 0 Å². The molecule has 1 N–H and O–H groups in total. The highest BCUT2D eigenvalue weighted by Gasteiger charge is 1.99. The Balaban J connectivity index is 2.44. The zero-order valence-electron chi connectivity index (χ0n) is 8.86. The van der Waals surface area contributed by atoms with E-state index >= 15 is 0 Å². The van der Waals surface area contributed by atoms with Crippen molar-refractivity contribution in [2.75, 3.05) is 12.4 Å². The van der Waals surface area contributed by atoms with E-state index in [1.165, 1.54) is 13.3 Å². The van der Waals surface area contributed by atoms with Gasteiger partial charge >= 0.3 is 0 Å². The lowest BCUT2D eigenvalue weighted by molar-refractivity contribution is -0.115. The minimum atomic E-state index is -0.111. The van der Waals surface area contributed by atoms with Crippen LogP contribution in [0, 0.1) is 6.92 Å². The summed E-state index contributed by atoms with van der Waals surface area (Å²) in [5, 5.41) is 6.22. The number of carbonyl (C=O) groups is 1. The first-order valence-electron chi connectivity index (χ1n) is 4.64. The average Bonchev–Trinajstić information content (AvgIpc) is 2.22. The van der Waals surface area contributed by atoms with Crippen LogP contribution in [0.5, 0.6) is 0 Å². The second-order valence-corrected chi connectivity index (χ2v) is 3.09. The number of amides is 1. The molecule has 1 rings (SSSR count). The highest BCUT2D eigenvalue weighted by molar-refractivity contribution is 5.98. The Morgan fingerprint density at radius 2 is 2.13 bits per heavy atom. The van der Waals surface area contributed by atoms with E-state index in [9.17, 15) is 4.79 Å². The topological polar surface area (TPSA) is 50.7 Å². The van der Waals surface area contributed by atoms with Crippen molar-refractivity contribution < 1.29 is 9.63 Å². The molecule has 0 aliphatic heterocycles. The number of aryl methyl sites for hydroxylation is 1. The fourth-order valence-corrected chi connectivity index (χ4v) is 1.04. The van der Waals surface area contributed by atoms with E-state index in [1.54, 1.807) is 0 Å². The number of nitrogens with one attached hydrogen (secondary N) is 1. The van der Waals surface area contributed by atoms with Crippen molar-refractivity contribution >= 4 is 17.8 Å². The predicted octanol–water partition coefficient (Wildman–Crippen LogP) is 1.96. The van der Waals surface area contributed by atoms with Gasteiger partial charge < -0.3 is 10.2 Å². The molecule has 0 heterocycles. The summed E-state index contributed by atoms with van der Waals surface area (Å²) in [6.45, 7) is 2.00. The van der Waals surface area contributed by atoms with Crippen molar-refractivity contribution in [2.24, 2.45) is 5.16 Å². The van der Waals surface area contributed by atoms with E-state index < -0.39 is 0 Å². The van der Waals surface area contributed by atoms with Crippen LogP contribution in [0.1, 0.15) is 12.0 Å². The van der Waals surface area contributed by atoms with Crippen molar-refractivity contribution in [2.45, 2.75) is 13.3 Å². The summed E-state index contributed by atoms with van der Waals surface area (Å²) in [7, 11) is 1.44. The van der Waals surface area contributed by atoms with Crippen molar-refractivity contribution in [1.29, 1.82) is 0 Å². The quantitative estimate of drug-likeness (QED) is 0.604. The monoisotopic (exact) mass is 206 g/mol. The number of rotatable bonds is 4. The second kappa shape index (κ2) is 5.80. The third-order valence-electron chi connectivity index (χ3n) is 1.79. The minimum absolute atomic E-state index is 0.111.